The third-order valence-electron chi connectivity index (χ3n) is 3.51. The molecule has 1 atom stereocenters. The van der Waals surface area contributed by atoms with Gasteiger partial charge in [0.05, 0.1) is 11.7 Å². The fourth-order valence-corrected chi connectivity index (χ4v) is 2.53. The summed E-state index contributed by atoms with van der Waals surface area (Å²) in [5, 5.41) is 7.97. The second kappa shape index (κ2) is 6.18. The second-order valence-electron chi connectivity index (χ2n) is 5.06. The zero-order chi connectivity index (χ0) is 14.7. The summed E-state index contributed by atoms with van der Waals surface area (Å²) in [5.74, 6) is -0.161. The molecule has 0 spiro atoms. The van der Waals surface area contributed by atoms with Gasteiger partial charge in [0, 0.05) is 18.8 Å². The minimum Gasteiger partial charge on any atom is -0.306 e. The zero-order valence-corrected chi connectivity index (χ0v) is 12.6. The van der Waals surface area contributed by atoms with Crippen molar-refractivity contribution in [3.05, 3.63) is 52.6 Å². The lowest BCUT2D eigenvalue weighted by atomic mass is 9.96. The molecule has 2 aromatic rings. The largest absolute Gasteiger partial charge is 0.306 e. The van der Waals surface area contributed by atoms with Gasteiger partial charge < -0.3 is 5.32 Å². The molecule has 4 heteroatoms. The molecule has 108 valence electrons. The maximum atomic E-state index is 13.5. The van der Waals surface area contributed by atoms with Crippen LogP contribution in [0.15, 0.2) is 24.4 Å². The van der Waals surface area contributed by atoms with E-state index in [-0.39, 0.29) is 11.9 Å². The summed E-state index contributed by atoms with van der Waals surface area (Å²) in [6, 6.07) is 5.36. The molecule has 0 saturated heterocycles. The van der Waals surface area contributed by atoms with E-state index in [0.29, 0.717) is 5.56 Å². The number of nitrogens with one attached hydrogen (secondary N) is 1. The van der Waals surface area contributed by atoms with Crippen molar-refractivity contribution in [1.82, 2.24) is 15.1 Å². The van der Waals surface area contributed by atoms with Gasteiger partial charge in [0.15, 0.2) is 0 Å². The van der Waals surface area contributed by atoms with Crippen molar-refractivity contribution in [3.8, 4) is 0 Å². The molecule has 0 fully saturated rings. The molecular formula is C16H22FN3. The molecule has 0 radical (unpaired) electrons. The van der Waals surface area contributed by atoms with Gasteiger partial charge >= 0.3 is 0 Å². The zero-order valence-electron chi connectivity index (χ0n) is 12.6. The van der Waals surface area contributed by atoms with Crippen molar-refractivity contribution in [2.24, 2.45) is 7.05 Å². The van der Waals surface area contributed by atoms with Gasteiger partial charge in [0.2, 0.25) is 0 Å². The SMILES string of the molecule is CCNC(c1ccc(F)c(C)c1)c1cn(C)nc1CC. The molecule has 2 rings (SSSR count). The van der Waals surface area contributed by atoms with Crippen LogP contribution in [0, 0.1) is 12.7 Å². The molecule has 0 aliphatic carbocycles. The topological polar surface area (TPSA) is 29.9 Å². The summed E-state index contributed by atoms with van der Waals surface area (Å²) in [6.45, 7) is 6.82. The molecule has 0 bridgehead atoms. The van der Waals surface area contributed by atoms with Crippen molar-refractivity contribution in [2.45, 2.75) is 33.2 Å². The number of nitrogens with zero attached hydrogens (tertiary/aromatic N) is 2. The van der Waals surface area contributed by atoms with Crippen LogP contribution in [0.5, 0.6) is 0 Å². The Morgan fingerprint density at radius 1 is 1.35 bits per heavy atom. The van der Waals surface area contributed by atoms with Gasteiger partial charge in [-0.3, -0.25) is 4.68 Å². The van der Waals surface area contributed by atoms with Crippen LogP contribution in [0.25, 0.3) is 0 Å². The summed E-state index contributed by atoms with van der Waals surface area (Å²) in [7, 11) is 1.93. The third kappa shape index (κ3) is 2.90. The number of halogens is 1. The summed E-state index contributed by atoms with van der Waals surface area (Å²) in [6.07, 6.45) is 2.93. The van der Waals surface area contributed by atoms with E-state index in [0.717, 1.165) is 24.2 Å². The first-order valence-corrected chi connectivity index (χ1v) is 7.08. The Morgan fingerprint density at radius 2 is 2.10 bits per heavy atom. The van der Waals surface area contributed by atoms with E-state index >= 15 is 0 Å². The number of rotatable bonds is 5. The van der Waals surface area contributed by atoms with Crippen LogP contribution >= 0.6 is 0 Å². The predicted molar refractivity (Wildman–Crippen MR) is 79.2 cm³/mol. The molecule has 0 aliphatic rings. The maximum Gasteiger partial charge on any atom is 0.126 e. The summed E-state index contributed by atoms with van der Waals surface area (Å²) in [4.78, 5) is 0. The predicted octanol–water partition coefficient (Wildman–Crippen LogP) is 3.13. The lowest BCUT2D eigenvalue weighted by Gasteiger charge is -2.19. The molecule has 20 heavy (non-hydrogen) atoms. The highest BCUT2D eigenvalue weighted by molar-refractivity contribution is 5.35. The Labute approximate surface area is 119 Å². The number of hydrogen-bond acceptors (Lipinski definition) is 2. The molecule has 1 aromatic heterocycles. The molecule has 0 saturated carbocycles. The number of aryl methyl sites for hydroxylation is 3. The van der Waals surface area contributed by atoms with Crippen molar-refractivity contribution in [1.29, 1.82) is 0 Å². The standard InChI is InChI=1S/C16H22FN3/c1-5-15-13(10-20(4)19-15)16(18-6-2)12-7-8-14(17)11(3)9-12/h7-10,16,18H,5-6H2,1-4H3. The van der Waals surface area contributed by atoms with Crippen LogP contribution in [0.3, 0.4) is 0 Å². The average Bonchev–Trinajstić information content (AvgIpc) is 2.80. The number of hydrogen-bond donors (Lipinski definition) is 1. The molecule has 1 aromatic carbocycles. The lowest BCUT2D eigenvalue weighted by molar-refractivity contribution is 0.604. The van der Waals surface area contributed by atoms with Crippen LogP contribution in [-0.4, -0.2) is 16.3 Å². The first-order chi connectivity index (χ1) is 9.56. The van der Waals surface area contributed by atoms with Gasteiger partial charge in [0.25, 0.3) is 0 Å². The van der Waals surface area contributed by atoms with Crippen molar-refractivity contribution in [3.63, 3.8) is 0 Å². The van der Waals surface area contributed by atoms with Gasteiger partial charge in [-0.2, -0.15) is 5.10 Å². The fraction of sp³-hybridized carbons (Fsp3) is 0.438. The quantitative estimate of drug-likeness (QED) is 0.908. The van der Waals surface area contributed by atoms with E-state index in [4.69, 9.17) is 0 Å². The van der Waals surface area contributed by atoms with E-state index in [9.17, 15) is 4.39 Å². The van der Waals surface area contributed by atoms with Crippen LogP contribution in [0.1, 0.15) is 42.3 Å². The maximum absolute atomic E-state index is 13.5. The molecule has 0 amide bonds. The van der Waals surface area contributed by atoms with Crippen molar-refractivity contribution < 1.29 is 4.39 Å². The van der Waals surface area contributed by atoms with Gasteiger partial charge in [-0.1, -0.05) is 26.0 Å². The van der Waals surface area contributed by atoms with Crippen LogP contribution in [0.4, 0.5) is 4.39 Å². The molecule has 1 unspecified atom stereocenters. The average molecular weight is 275 g/mol. The summed E-state index contributed by atoms with van der Waals surface area (Å²) in [5.41, 5.74) is 4.00. The van der Waals surface area contributed by atoms with Gasteiger partial charge in [0.1, 0.15) is 5.82 Å². The van der Waals surface area contributed by atoms with E-state index in [1.54, 1.807) is 6.92 Å². The minimum absolute atomic E-state index is 0.0583. The molecule has 1 heterocycles. The highest BCUT2D eigenvalue weighted by atomic mass is 19.1. The Balaban J connectivity index is 2.46. The van der Waals surface area contributed by atoms with E-state index in [1.807, 2.05) is 30.1 Å². The number of aromatic nitrogens is 2. The van der Waals surface area contributed by atoms with Gasteiger partial charge in [-0.15, -0.1) is 0 Å². The second-order valence-corrected chi connectivity index (χ2v) is 5.06. The van der Waals surface area contributed by atoms with Crippen LogP contribution < -0.4 is 5.32 Å². The molecule has 1 N–H and O–H groups in total. The normalized spacial score (nSPS) is 12.7. The van der Waals surface area contributed by atoms with Crippen molar-refractivity contribution in [2.75, 3.05) is 6.54 Å². The van der Waals surface area contributed by atoms with Crippen LogP contribution in [0.2, 0.25) is 0 Å². The van der Waals surface area contributed by atoms with E-state index < -0.39 is 0 Å². The third-order valence-corrected chi connectivity index (χ3v) is 3.51. The highest BCUT2D eigenvalue weighted by Crippen LogP contribution is 2.26. The smallest absolute Gasteiger partial charge is 0.126 e. The molecule has 0 aliphatic heterocycles. The lowest BCUT2D eigenvalue weighted by Crippen LogP contribution is -2.22. The monoisotopic (exact) mass is 275 g/mol. The minimum atomic E-state index is -0.161. The molecule has 3 nitrogen and oxygen atoms in total. The summed E-state index contributed by atoms with van der Waals surface area (Å²) >= 11 is 0. The van der Waals surface area contributed by atoms with Gasteiger partial charge in [-0.25, -0.2) is 4.39 Å². The van der Waals surface area contributed by atoms with E-state index in [1.165, 1.54) is 11.6 Å². The Bertz CT molecular complexity index is 589. The Hall–Kier alpha value is -1.68. The van der Waals surface area contributed by atoms with E-state index in [2.05, 4.69) is 24.3 Å². The Morgan fingerprint density at radius 3 is 2.70 bits per heavy atom. The summed E-state index contributed by atoms with van der Waals surface area (Å²) < 4.78 is 15.3. The van der Waals surface area contributed by atoms with Gasteiger partial charge in [-0.05, 0) is 37.1 Å². The van der Waals surface area contributed by atoms with Crippen molar-refractivity contribution >= 4 is 0 Å². The van der Waals surface area contributed by atoms with Crippen LogP contribution in [-0.2, 0) is 13.5 Å². The first kappa shape index (κ1) is 14.7. The Kier molecular flexibility index (Phi) is 4.55. The fourth-order valence-electron chi connectivity index (χ4n) is 2.53. The molecular weight excluding hydrogens is 253 g/mol. The first-order valence-electron chi connectivity index (χ1n) is 7.08. The highest BCUT2D eigenvalue weighted by Gasteiger charge is 2.19. The number of benzene rings is 1.